The van der Waals surface area contributed by atoms with Crippen LogP contribution in [0.5, 0.6) is 0 Å². The van der Waals surface area contributed by atoms with Crippen molar-refractivity contribution in [3.05, 3.63) is 35.4 Å². The molecule has 3 nitrogen and oxygen atoms in total. The molecule has 1 atom stereocenters. The maximum Gasteiger partial charge on any atom is 0.256 e. The molecular weight excluding hydrogens is 274 g/mol. The molecule has 2 rings (SSSR count). The smallest absolute Gasteiger partial charge is 0.256 e. The van der Waals surface area contributed by atoms with E-state index in [1.54, 1.807) is 7.05 Å². The van der Waals surface area contributed by atoms with Gasteiger partial charge in [-0.25, -0.2) is 8.78 Å². The number of amides is 1. The van der Waals surface area contributed by atoms with Gasteiger partial charge in [0.1, 0.15) is 11.6 Å². The quantitative estimate of drug-likeness (QED) is 0.906. The van der Waals surface area contributed by atoms with E-state index in [1.165, 1.54) is 11.0 Å². The van der Waals surface area contributed by atoms with Gasteiger partial charge in [-0.2, -0.15) is 0 Å². The summed E-state index contributed by atoms with van der Waals surface area (Å²) in [5.41, 5.74) is -0.0792. The van der Waals surface area contributed by atoms with Crippen LogP contribution in [0.1, 0.15) is 23.2 Å². The number of rotatable bonds is 2. The van der Waals surface area contributed by atoms with E-state index in [2.05, 4.69) is 5.32 Å². The summed E-state index contributed by atoms with van der Waals surface area (Å²) in [7, 11) is 1.66. The van der Waals surface area contributed by atoms with Crippen molar-refractivity contribution in [3.63, 3.8) is 0 Å². The number of likely N-dealkylation sites (N-methyl/N-ethyl adjacent to an activating group) is 1. The van der Waals surface area contributed by atoms with E-state index < -0.39 is 17.5 Å². The molecular formula is C13H17ClF2N2O. The average Bonchev–Trinajstić information content (AvgIpc) is 2.38. The zero-order valence-electron chi connectivity index (χ0n) is 10.7. The van der Waals surface area contributed by atoms with Gasteiger partial charge in [0.15, 0.2) is 0 Å². The van der Waals surface area contributed by atoms with Crippen molar-refractivity contribution < 1.29 is 13.6 Å². The van der Waals surface area contributed by atoms with E-state index in [9.17, 15) is 13.6 Å². The van der Waals surface area contributed by atoms with Crippen LogP contribution in [0.2, 0.25) is 0 Å². The highest BCUT2D eigenvalue weighted by Gasteiger charge is 2.24. The summed E-state index contributed by atoms with van der Waals surface area (Å²) in [6.45, 7) is 1.66. The summed E-state index contributed by atoms with van der Waals surface area (Å²) in [5, 5.41) is 3.20. The first-order valence-corrected chi connectivity index (χ1v) is 6.02. The highest BCUT2D eigenvalue weighted by Crippen LogP contribution is 2.15. The number of nitrogens with one attached hydrogen (secondary N) is 1. The maximum atomic E-state index is 13.5. The molecule has 1 amide bonds. The molecule has 0 aliphatic carbocycles. The number of hydrogen-bond donors (Lipinski definition) is 1. The second-order valence-electron chi connectivity index (χ2n) is 4.54. The lowest BCUT2D eigenvalue weighted by Gasteiger charge is -2.31. The van der Waals surface area contributed by atoms with Crippen LogP contribution < -0.4 is 5.32 Å². The zero-order valence-corrected chi connectivity index (χ0v) is 11.5. The van der Waals surface area contributed by atoms with Crippen molar-refractivity contribution in [2.24, 2.45) is 0 Å². The van der Waals surface area contributed by atoms with Crippen molar-refractivity contribution in [2.45, 2.75) is 18.9 Å². The standard InChI is InChI=1S/C13H16F2N2O.ClH/c1-17(10-3-2-6-16-8-10)13(18)11-5-4-9(14)7-12(11)15;/h4-5,7,10,16H,2-3,6,8H2,1H3;1H/t10-;/m0./s1. The third kappa shape index (κ3) is 3.64. The summed E-state index contributed by atoms with van der Waals surface area (Å²) < 4.78 is 26.3. The Hall–Kier alpha value is -1.20. The van der Waals surface area contributed by atoms with Gasteiger partial charge in [0.2, 0.25) is 0 Å². The van der Waals surface area contributed by atoms with Crippen LogP contribution in [-0.2, 0) is 0 Å². The molecule has 0 saturated carbocycles. The second-order valence-corrected chi connectivity index (χ2v) is 4.54. The second kappa shape index (κ2) is 6.82. The average molecular weight is 291 g/mol. The van der Waals surface area contributed by atoms with Gasteiger partial charge in [-0.15, -0.1) is 12.4 Å². The van der Waals surface area contributed by atoms with Crippen molar-refractivity contribution in [1.29, 1.82) is 0 Å². The number of benzene rings is 1. The molecule has 1 heterocycles. The fraction of sp³-hybridized carbons (Fsp3) is 0.462. The Morgan fingerprint density at radius 1 is 1.42 bits per heavy atom. The molecule has 19 heavy (non-hydrogen) atoms. The number of piperidine rings is 1. The normalized spacial score (nSPS) is 18.6. The minimum atomic E-state index is -0.810. The third-order valence-electron chi connectivity index (χ3n) is 3.30. The minimum absolute atomic E-state index is 0. The first kappa shape index (κ1) is 15.9. The van der Waals surface area contributed by atoms with Crippen LogP contribution in [0.4, 0.5) is 8.78 Å². The van der Waals surface area contributed by atoms with E-state index in [4.69, 9.17) is 0 Å². The molecule has 1 fully saturated rings. The molecule has 1 aliphatic heterocycles. The number of carbonyl (C=O) groups is 1. The molecule has 1 aliphatic rings. The Balaban J connectivity index is 0.00000180. The van der Waals surface area contributed by atoms with Crippen molar-refractivity contribution in [1.82, 2.24) is 10.2 Å². The van der Waals surface area contributed by atoms with Gasteiger partial charge in [0.25, 0.3) is 5.91 Å². The first-order chi connectivity index (χ1) is 8.59. The largest absolute Gasteiger partial charge is 0.337 e. The third-order valence-corrected chi connectivity index (χ3v) is 3.30. The molecule has 0 unspecified atom stereocenters. The Labute approximate surface area is 117 Å². The van der Waals surface area contributed by atoms with E-state index in [-0.39, 0.29) is 24.0 Å². The van der Waals surface area contributed by atoms with Crippen molar-refractivity contribution in [3.8, 4) is 0 Å². The molecule has 1 N–H and O–H groups in total. The number of halogens is 3. The van der Waals surface area contributed by atoms with Crippen molar-refractivity contribution >= 4 is 18.3 Å². The SMILES string of the molecule is CN(C(=O)c1ccc(F)cc1F)[C@H]1CCCNC1.Cl. The lowest BCUT2D eigenvalue weighted by molar-refractivity contribution is 0.0703. The number of nitrogens with zero attached hydrogens (tertiary/aromatic N) is 1. The predicted molar refractivity (Wildman–Crippen MR) is 71.6 cm³/mol. The molecule has 0 spiro atoms. The molecule has 0 aromatic heterocycles. The Morgan fingerprint density at radius 2 is 2.16 bits per heavy atom. The fourth-order valence-corrected chi connectivity index (χ4v) is 2.18. The van der Waals surface area contributed by atoms with Crippen molar-refractivity contribution in [2.75, 3.05) is 20.1 Å². The maximum absolute atomic E-state index is 13.5. The van der Waals surface area contributed by atoms with Gasteiger partial charge in [-0.3, -0.25) is 4.79 Å². The lowest BCUT2D eigenvalue weighted by Crippen LogP contribution is -2.46. The van der Waals surface area contributed by atoms with Crippen LogP contribution in [0.25, 0.3) is 0 Å². The number of hydrogen-bond acceptors (Lipinski definition) is 2. The van der Waals surface area contributed by atoms with Gasteiger partial charge >= 0.3 is 0 Å². The molecule has 1 aromatic rings. The van der Waals surface area contributed by atoms with E-state index in [0.29, 0.717) is 6.54 Å². The molecule has 1 saturated heterocycles. The van der Waals surface area contributed by atoms with Gasteiger partial charge < -0.3 is 10.2 Å². The Morgan fingerprint density at radius 3 is 2.74 bits per heavy atom. The van der Waals surface area contributed by atoms with Gasteiger partial charge in [-0.1, -0.05) is 0 Å². The van der Waals surface area contributed by atoms with Crippen LogP contribution in [0, 0.1) is 11.6 Å². The Kier molecular flexibility index (Phi) is 5.69. The Bertz CT molecular complexity index is 450. The highest BCUT2D eigenvalue weighted by molar-refractivity contribution is 5.94. The van der Waals surface area contributed by atoms with Crippen LogP contribution in [0.15, 0.2) is 18.2 Å². The number of carbonyl (C=O) groups excluding carboxylic acids is 1. The summed E-state index contributed by atoms with van der Waals surface area (Å²) in [6, 6.07) is 3.10. The lowest BCUT2D eigenvalue weighted by atomic mass is 10.0. The molecule has 0 bridgehead atoms. The van der Waals surface area contributed by atoms with E-state index >= 15 is 0 Å². The molecule has 6 heteroatoms. The molecule has 1 aromatic carbocycles. The summed E-state index contributed by atoms with van der Waals surface area (Å²) in [5.74, 6) is -1.89. The summed E-state index contributed by atoms with van der Waals surface area (Å²) >= 11 is 0. The fourth-order valence-electron chi connectivity index (χ4n) is 2.18. The monoisotopic (exact) mass is 290 g/mol. The van der Waals surface area contributed by atoms with E-state index in [1.807, 2.05) is 0 Å². The van der Waals surface area contributed by atoms with Crippen LogP contribution in [-0.4, -0.2) is 37.0 Å². The van der Waals surface area contributed by atoms with E-state index in [0.717, 1.165) is 31.5 Å². The minimum Gasteiger partial charge on any atom is -0.337 e. The van der Waals surface area contributed by atoms with Gasteiger partial charge in [-0.05, 0) is 31.5 Å². The summed E-state index contributed by atoms with van der Waals surface area (Å²) in [4.78, 5) is 13.6. The van der Waals surface area contributed by atoms with Gasteiger partial charge in [0, 0.05) is 25.7 Å². The zero-order chi connectivity index (χ0) is 13.1. The van der Waals surface area contributed by atoms with Crippen LogP contribution >= 0.6 is 12.4 Å². The predicted octanol–water partition coefficient (Wildman–Crippen LogP) is 2.21. The first-order valence-electron chi connectivity index (χ1n) is 6.02. The molecule has 106 valence electrons. The molecule has 0 radical (unpaired) electrons. The van der Waals surface area contributed by atoms with Crippen LogP contribution in [0.3, 0.4) is 0 Å². The van der Waals surface area contributed by atoms with Gasteiger partial charge in [0.05, 0.1) is 5.56 Å². The highest BCUT2D eigenvalue weighted by atomic mass is 35.5. The topological polar surface area (TPSA) is 32.3 Å². The summed E-state index contributed by atoms with van der Waals surface area (Å²) in [6.07, 6.45) is 1.90.